The lowest BCUT2D eigenvalue weighted by Crippen LogP contribution is -2.31. The maximum absolute atomic E-state index is 10.7. The average Bonchev–Trinajstić information content (AvgIpc) is 2.29. The summed E-state index contributed by atoms with van der Waals surface area (Å²) in [6, 6.07) is 6.20. The van der Waals surface area contributed by atoms with Crippen LogP contribution in [0.4, 0.5) is 13.2 Å². The molecule has 1 aromatic rings. The van der Waals surface area contributed by atoms with Crippen LogP contribution in [0, 0.1) is 0 Å². The minimum atomic E-state index is -6.09. The summed E-state index contributed by atoms with van der Waals surface area (Å²) in [5, 5.41) is 0. The Morgan fingerprint density at radius 2 is 1.58 bits per heavy atom. The van der Waals surface area contributed by atoms with E-state index in [1.165, 1.54) is 19.3 Å². The lowest BCUT2D eigenvalue weighted by Gasteiger charge is -2.08. The van der Waals surface area contributed by atoms with Gasteiger partial charge in [0.15, 0.2) is 22.5 Å². The molecule has 0 amide bonds. The molecule has 1 rings (SSSR count). The van der Waals surface area contributed by atoms with Crippen molar-refractivity contribution in [1.29, 1.82) is 0 Å². The Bertz CT molecular complexity index is 446. The normalized spacial score (nSPS) is 11.6. The van der Waals surface area contributed by atoms with E-state index < -0.39 is 15.6 Å². The van der Waals surface area contributed by atoms with Crippen LogP contribution in [0.1, 0.15) is 26.2 Å². The van der Waals surface area contributed by atoms with E-state index in [1.54, 1.807) is 0 Å². The SMILES string of the molecule is CCCCC[n+]1ccccc1.O=S(=O)([O-])C(F)(F)F. The smallest absolute Gasteiger partial charge is 0.485 e. The van der Waals surface area contributed by atoms with Crippen molar-refractivity contribution in [3.05, 3.63) is 30.6 Å². The fourth-order valence-corrected chi connectivity index (χ4v) is 1.13. The fourth-order valence-electron chi connectivity index (χ4n) is 1.13. The summed E-state index contributed by atoms with van der Waals surface area (Å²) < 4.78 is 61.1. The second-order valence-corrected chi connectivity index (χ2v) is 5.09. The van der Waals surface area contributed by atoms with E-state index in [2.05, 4.69) is 42.1 Å². The first-order valence-electron chi connectivity index (χ1n) is 5.64. The number of aryl methyl sites for hydroxylation is 1. The van der Waals surface area contributed by atoms with Crippen molar-refractivity contribution in [2.75, 3.05) is 0 Å². The Kier molecular flexibility index (Phi) is 7.62. The molecule has 0 radical (unpaired) electrons. The Hall–Kier alpha value is -1.15. The van der Waals surface area contributed by atoms with Gasteiger partial charge in [-0.1, -0.05) is 19.4 Å². The Morgan fingerprint density at radius 3 is 1.95 bits per heavy atom. The molecule has 0 atom stereocenters. The number of aromatic nitrogens is 1. The van der Waals surface area contributed by atoms with Gasteiger partial charge in [0, 0.05) is 18.6 Å². The highest BCUT2D eigenvalue weighted by Gasteiger charge is 2.36. The Labute approximate surface area is 110 Å². The molecular weight excluding hydrogens is 283 g/mol. The number of alkyl halides is 3. The number of halogens is 3. The number of hydrogen-bond acceptors (Lipinski definition) is 3. The van der Waals surface area contributed by atoms with Gasteiger partial charge in [-0.25, -0.2) is 13.0 Å². The number of hydrogen-bond donors (Lipinski definition) is 0. The highest BCUT2D eigenvalue weighted by atomic mass is 32.2. The zero-order chi connectivity index (χ0) is 14.9. The van der Waals surface area contributed by atoms with Crippen molar-refractivity contribution in [2.24, 2.45) is 0 Å². The van der Waals surface area contributed by atoms with E-state index >= 15 is 0 Å². The van der Waals surface area contributed by atoms with Crippen LogP contribution >= 0.6 is 0 Å². The van der Waals surface area contributed by atoms with E-state index in [4.69, 9.17) is 13.0 Å². The molecule has 1 aromatic heterocycles. The van der Waals surface area contributed by atoms with Crippen molar-refractivity contribution >= 4 is 10.1 Å². The van der Waals surface area contributed by atoms with Crippen molar-refractivity contribution in [3.63, 3.8) is 0 Å². The number of nitrogens with zero attached hydrogens (tertiary/aromatic N) is 1. The van der Waals surface area contributed by atoms with Crippen LogP contribution in [0.15, 0.2) is 30.6 Å². The van der Waals surface area contributed by atoms with Gasteiger partial charge in [0.05, 0.1) is 0 Å². The second-order valence-electron chi connectivity index (χ2n) is 3.72. The summed E-state index contributed by atoms with van der Waals surface area (Å²) in [7, 11) is -6.09. The zero-order valence-corrected chi connectivity index (χ0v) is 11.2. The molecule has 0 saturated heterocycles. The van der Waals surface area contributed by atoms with E-state index in [0.29, 0.717) is 0 Å². The van der Waals surface area contributed by atoms with Crippen LogP contribution in [0.25, 0.3) is 0 Å². The molecule has 0 bridgehead atoms. The van der Waals surface area contributed by atoms with Gasteiger partial charge in [-0.05, 0) is 6.42 Å². The Morgan fingerprint density at radius 1 is 1.11 bits per heavy atom. The maximum atomic E-state index is 10.7. The summed E-state index contributed by atoms with van der Waals surface area (Å²) in [5.41, 5.74) is -5.65. The highest BCUT2D eigenvalue weighted by molar-refractivity contribution is 7.86. The van der Waals surface area contributed by atoms with E-state index in [-0.39, 0.29) is 0 Å². The third kappa shape index (κ3) is 8.55. The van der Waals surface area contributed by atoms with Gasteiger partial charge in [0.25, 0.3) is 0 Å². The van der Waals surface area contributed by atoms with Crippen molar-refractivity contribution in [3.8, 4) is 0 Å². The first-order chi connectivity index (χ1) is 8.68. The van der Waals surface area contributed by atoms with Crippen LogP contribution in [-0.4, -0.2) is 18.5 Å². The molecule has 0 fully saturated rings. The van der Waals surface area contributed by atoms with Crippen LogP contribution in [-0.2, 0) is 16.7 Å². The number of rotatable bonds is 4. The predicted molar refractivity (Wildman–Crippen MR) is 61.9 cm³/mol. The standard InChI is InChI=1S/C10H16N.CHF3O3S/c1-2-3-5-8-11-9-6-4-7-10-11;2-1(3,4)8(5,6)7/h4,6-7,9-10H,2-3,5,8H2,1H3;(H,5,6,7)/q+1;/p-1. The number of pyridine rings is 1. The van der Waals surface area contributed by atoms with E-state index in [1.807, 2.05) is 0 Å². The van der Waals surface area contributed by atoms with Crippen LogP contribution in [0.5, 0.6) is 0 Å². The Balaban J connectivity index is 0.000000362. The first-order valence-corrected chi connectivity index (χ1v) is 7.05. The summed E-state index contributed by atoms with van der Waals surface area (Å²) in [6.45, 7) is 3.39. The van der Waals surface area contributed by atoms with Gasteiger partial charge >= 0.3 is 5.51 Å². The lowest BCUT2D eigenvalue weighted by molar-refractivity contribution is -0.697. The minimum Gasteiger partial charge on any atom is -0.741 e. The molecule has 110 valence electrons. The molecule has 4 nitrogen and oxygen atoms in total. The van der Waals surface area contributed by atoms with Crippen molar-refractivity contribution in [1.82, 2.24) is 0 Å². The third-order valence-corrected chi connectivity index (χ3v) is 2.65. The molecule has 0 unspecified atom stereocenters. The van der Waals surface area contributed by atoms with Crippen LogP contribution in [0.3, 0.4) is 0 Å². The van der Waals surface area contributed by atoms with Gasteiger partial charge in [0.2, 0.25) is 0 Å². The lowest BCUT2D eigenvalue weighted by atomic mass is 10.2. The molecule has 0 aliphatic carbocycles. The summed E-state index contributed by atoms with van der Waals surface area (Å²) in [4.78, 5) is 0. The quantitative estimate of drug-likeness (QED) is 0.371. The third-order valence-electron chi connectivity index (χ3n) is 2.08. The molecule has 1 heterocycles. The molecule has 0 N–H and O–H groups in total. The average molecular weight is 299 g/mol. The van der Waals surface area contributed by atoms with Gasteiger partial charge in [0.1, 0.15) is 6.54 Å². The molecule has 0 aliphatic rings. The van der Waals surface area contributed by atoms with Gasteiger partial charge < -0.3 is 4.55 Å². The molecule has 0 saturated carbocycles. The summed E-state index contributed by atoms with van der Waals surface area (Å²) in [5.74, 6) is 0. The van der Waals surface area contributed by atoms with Gasteiger partial charge in [-0.2, -0.15) is 13.2 Å². The first kappa shape index (κ1) is 17.8. The second kappa shape index (κ2) is 8.11. The molecule has 0 spiro atoms. The van der Waals surface area contributed by atoms with Crippen molar-refractivity contribution in [2.45, 2.75) is 38.2 Å². The largest absolute Gasteiger partial charge is 0.741 e. The van der Waals surface area contributed by atoms with Gasteiger partial charge in [-0.3, -0.25) is 0 Å². The number of unbranched alkanes of at least 4 members (excludes halogenated alkanes) is 2. The predicted octanol–water partition coefficient (Wildman–Crippen LogP) is 2.22. The highest BCUT2D eigenvalue weighted by Crippen LogP contribution is 2.20. The van der Waals surface area contributed by atoms with Crippen molar-refractivity contribution < 1.29 is 30.7 Å². The van der Waals surface area contributed by atoms with Crippen LogP contribution < -0.4 is 4.57 Å². The minimum absolute atomic E-state index is 1.16. The summed E-state index contributed by atoms with van der Waals surface area (Å²) in [6.07, 6.45) is 8.17. The van der Waals surface area contributed by atoms with Crippen LogP contribution in [0.2, 0.25) is 0 Å². The molecule has 8 heteroatoms. The van der Waals surface area contributed by atoms with E-state index in [9.17, 15) is 13.2 Å². The maximum Gasteiger partial charge on any atom is 0.485 e. The van der Waals surface area contributed by atoms with E-state index in [0.717, 1.165) is 6.54 Å². The van der Waals surface area contributed by atoms with Gasteiger partial charge in [-0.15, -0.1) is 0 Å². The molecular formula is C11H16F3NO3S. The fraction of sp³-hybridized carbons (Fsp3) is 0.545. The summed E-state index contributed by atoms with van der Waals surface area (Å²) >= 11 is 0. The molecule has 0 aromatic carbocycles. The zero-order valence-electron chi connectivity index (χ0n) is 10.4. The monoisotopic (exact) mass is 299 g/mol. The topological polar surface area (TPSA) is 61.1 Å². The molecule has 19 heavy (non-hydrogen) atoms. The molecule has 0 aliphatic heterocycles.